The number of piperazine rings is 1. The van der Waals surface area contributed by atoms with Gasteiger partial charge in [0, 0.05) is 49.0 Å². The summed E-state index contributed by atoms with van der Waals surface area (Å²) in [6.45, 7) is 10.4. The van der Waals surface area contributed by atoms with E-state index in [1.807, 2.05) is 18.2 Å². The van der Waals surface area contributed by atoms with Gasteiger partial charge in [0.2, 0.25) is 5.79 Å². The minimum Gasteiger partial charge on any atom is -0.491 e. The van der Waals surface area contributed by atoms with Crippen LogP contribution in [0.5, 0.6) is 5.75 Å². The molecule has 2 aliphatic heterocycles. The lowest BCUT2D eigenvalue weighted by Gasteiger charge is -2.36. The van der Waals surface area contributed by atoms with E-state index in [0.717, 1.165) is 38.5 Å². The number of benzene rings is 3. The van der Waals surface area contributed by atoms with Gasteiger partial charge in [-0.15, -0.1) is 0 Å². The van der Waals surface area contributed by atoms with Gasteiger partial charge in [-0.1, -0.05) is 53.0 Å². The molecule has 0 amide bonds. The molecule has 2 fully saturated rings. The second kappa shape index (κ2) is 12.6. The molecule has 2 aliphatic rings. The largest absolute Gasteiger partial charge is 0.491 e. The minimum atomic E-state index is -1.13. The summed E-state index contributed by atoms with van der Waals surface area (Å²) >= 11 is 12.7. The maximum Gasteiger partial charge on any atom is 0.217 e. The van der Waals surface area contributed by atoms with Gasteiger partial charge in [-0.3, -0.25) is 4.90 Å². The Morgan fingerprint density at radius 2 is 1.79 bits per heavy atom. The quantitative estimate of drug-likeness (QED) is 0.236. The third-order valence-corrected chi connectivity index (χ3v) is 8.49. The topological polar surface area (TPSA) is 64.9 Å². The van der Waals surface area contributed by atoms with Crippen molar-refractivity contribution in [3.8, 4) is 5.75 Å². The van der Waals surface area contributed by atoms with Crippen LogP contribution < -0.4 is 9.64 Å². The van der Waals surface area contributed by atoms with E-state index in [-0.39, 0.29) is 12.6 Å². The van der Waals surface area contributed by atoms with E-state index in [0.29, 0.717) is 28.8 Å². The Hall–Kier alpha value is -3.14. The van der Waals surface area contributed by atoms with Crippen molar-refractivity contribution in [2.24, 2.45) is 0 Å². The molecule has 0 N–H and O–H groups in total. The molecule has 2 atom stereocenters. The second-order valence-electron chi connectivity index (χ2n) is 11.0. The van der Waals surface area contributed by atoms with Gasteiger partial charge in [-0.2, -0.15) is 5.10 Å². The summed E-state index contributed by atoms with van der Waals surface area (Å²) in [7, 11) is 0. The first kappa shape index (κ1) is 29.0. The minimum absolute atomic E-state index is 0.289. The smallest absolute Gasteiger partial charge is 0.217 e. The van der Waals surface area contributed by atoms with E-state index >= 15 is 0 Å². The van der Waals surface area contributed by atoms with Crippen LogP contribution in [0.1, 0.15) is 22.3 Å². The van der Waals surface area contributed by atoms with Gasteiger partial charge in [-0.25, -0.2) is 9.67 Å². The first-order valence-corrected chi connectivity index (χ1v) is 15.0. The molecule has 0 saturated carbocycles. The molecule has 0 aliphatic carbocycles. The zero-order valence-electron chi connectivity index (χ0n) is 23.9. The van der Waals surface area contributed by atoms with Crippen molar-refractivity contribution in [1.29, 1.82) is 0 Å². The summed E-state index contributed by atoms with van der Waals surface area (Å²) in [5.41, 5.74) is 6.00. The Morgan fingerprint density at radius 1 is 0.976 bits per heavy atom. The van der Waals surface area contributed by atoms with E-state index in [2.05, 4.69) is 64.1 Å². The van der Waals surface area contributed by atoms with E-state index in [1.54, 1.807) is 23.1 Å². The highest BCUT2D eigenvalue weighted by Gasteiger charge is 2.45. The van der Waals surface area contributed by atoms with Gasteiger partial charge in [0.15, 0.2) is 0 Å². The SMILES string of the molecule is Cc1ccc(C)c(CN2CCN(c3ccc(OC[C@@H]4CO[C@@](Cn5cncn5)(c5ccc(Cl)cc5Cl)O4)cc3)CC2)c1. The Kier molecular flexibility index (Phi) is 8.70. The average Bonchev–Trinajstić information content (AvgIpc) is 3.65. The summed E-state index contributed by atoms with van der Waals surface area (Å²) < 4.78 is 20.5. The Balaban J connectivity index is 1.03. The lowest BCUT2D eigenvalue weighted by molar-refractivity contribution is -0.190. The number of anilines is 1. The van der Waals surface area contributed by atoms with Gasteiger partial charge in [-0.05, 0) is 61.4 Å². The maximum absolute atomic E-state index is 6.57. The van der Waals surface area contributed by atoms with Crippen molar-refractivity contribution in [3.63, 3.8) is 0 Å². The Labute approximate surface area is 256 Å². The highest BCUT2D eigenvalue weighted by atomic mass is 35.5. The van der Waals surface area contributed by atoms with Crippen LogP contribution in [-0.2, 0) is 28.4 Å². The van der Waals surface area contributed by atoms with Gasteiger partial charge in [0.05, 0.1) is 11.6 Å². The van der Waals surface area contributed by atoms with E-state index in [4.69, 9.17) is 37.4 Å². The molecule has 42 heavy (non-hydrogen) atoms. The summed E-state index contributed by atoms with van der Waals surface area (Å²) in [6, 6.07) is 20.3. The third-order valence-electron chi connectivity index (χ3n) is 7.95. The lowest BCUT2D eigenvalue weighted by Crippen LogP contribution is -2.46. The molecule has 0 unspecified atom stereocenters. The van der Waals surface area contributed by atoms with Crippen LogP contribution in [0.15, 0.2) is 73.3 Å². The van der Waals surface area contributed by atoms with Crippen molar-refractivity contribution in [3.05, 3.63) is 106 Å². The van der Waals surface area contributed by atoms with Crippen LogP contribution in [0.25, 0.3) is 0 Å². The predicted octanol–water partition coefficient (Wildman–Crippen LogP) is 5.87. The normalized spacial score (nSPS) is 21.1. The molecule has 3 heterocycles. The van der Waals surface area contributed by atoms with Crippen molar-refractivity contribution < 1.29 is 14.2 Å². The molecular weight excluding hydrogens is 573 g/mol. The van der Waals surface area contributed by atoms with Crippen LogP contribution in [0, 0.1) is 13.8 Å². The summed E-state index contributed by atoms with van der Waals surface area (Å²) in [4.78, 5) is 9.02. The van der Waals surface area contributed by atoms with Gasteiger partial charge in [0.25, 0.3) is 0 Å². The highest BCUT2D eigenvalue weighted by molar-refractivity contribution is 6.35. The number of rotatable bonds is 9. The average molecular weight is 609 g/mol. The number of halogens is 2. The lowest BCUT2D eigenvalue weighted by atomic mass is 10.0. The number of ether oxygens (including phenoxy) is 3. The number of hydrogen-bond donors (Lipinski definition) is 0. The molecule has 2 saturated heterocycles. The molecule has 0 spiro atoms. The van der Waals surface area contributed by atoms with Crippen molar-refractivity contribution in [2.75, 3.05) is 44.3 Å². The highest BCUT2D eigenvalue weighted by Crippen LogP contribution is 2.40. The van der Waals surface area contributed by atoms with Crippen molar-refractivity contribution >= 4 is 28.9 Å². The summed E-state index contributed by atoms with van der Waals surface area (Å²) in [5.74, 6) is -0.345. The fourth-order valence-electron chi connectivity index (χ4n) is 5.60. The zero-order valence-corrected chi connectivity index (χ0v) is 25.4. The Morgan fingerprint density at radius 3 is 2.52 bits per heavy atom. The molecular formula is C32H35Cl2N5O3. The van der Waals surface area contributed by atoms with E-state index in [1.165, 1.54) is 28.7 Å². The zero-order chi connectivity index (χ0) is 29.1. The second-order valence-corrected chi connectivity index (χ2v) is 11.9. The van der Waals surface area contributed by atoms with Crippen LogP contribution in [0.4, 0.5) is 5.69 Å². The molecule has 6 rings (SSSR count). The molecule has 8 nitrogen and oxygen atoms in total. The maximum atomic E-state index is 6.57. The predicted molar refractivity (Wildman–Crippen MR) is 164 cm³/mol. The van der Waals surface area contributed by atoms with Crippen LogP contribution >= 0.6 is 23.2 Å². The molecule has 3 aromatic carbocycles. The van der Waals surface area contributed by atoms with Crippen molar-refractivity contribution in [1.82, 2.24) is 19.7 Å². The monoisotopic (exact) mass is 607 g/mol. The molecule has 1 aromatic heterocycles. The van der Waals surface area contributed by atoms with Crippen LogP contribution in [0.2, 0.25) is 10.0 Å². The fraction of sp³-hybridized carbons (Fsp3) is 0.375. The fourth-order valence-corrected chi connectivity index (χ4v) is 6.15. The van der Waals surface area contributed by atoms with E-state index in [9.17, 15) is 0 Å². The first-order valence-electron chi connectivity index (χ1n) is 14.2. The van der Waals surface area contributed by atoms with Gasteiger partial charge >= 0.3 is 0 Å². The van der Waals surface area contributed by atoms with Gasteiger partial charge in [0.1, 0.15) is 37.7 Å². The molecule has 220 valence electrons. The molecule has 10 heteroatoms. The summed E-state index contributed by atoms with van der Waals surface area (Å²) in [5, 5.41) is 5.24. The number of aryl methyl sites for hydroxylation is 2. The number of nitrogens with zero attached hydrogens (tertiary/aromatic N) is 5. The Bertz CT molecular complexity index is 1490. The first-order chi connectivity index (χ1) is 20.4. The van der Waals surface area contributed by atoms with Crippen molar-refractivity contribution in [2.45, 2.75) is 38.8 Å². The number of aromatic nitrogens is 3. The van der Waals surface area contributed by atoms with Crippen LogP contribution in [-0.4, -0.2) is 65.2 Å². The molecule has 0 bridgehead atoms. The number of hydrogen-bond acceptors (Lipinski definition) is 7. The molecule has 0 radical (unpaired) electrons. The third kappa shape index (κ3) is 6.58. The molecule has 4 aromatic rings. The van der Waals surface area contributed by atoms with E-state index < -0.39 is 5.79 Å². The standard InChI is InChI=1S/C32H35Cl2N5O3/c1-23-3-4-24(2)25(15-23)17-37-11-13-38(14-12-37)27-6-8-28(9-7-27)40-18-29-19-41-32(42-29,20-39-22-35-21-36-39)30-10-5-26(33)16-31(30)34/h3-10,15-16,21-22,29H,11-14,17-20H2,1-2H3/t29-,32-/m1/s1. The summed E-state index contributed by atoms with van der Waals surface area (Å²) in [6.07, 6.45) is 2.79. The van der Waals surface area contributed by atoms with Gasteiger partial charge < -0.3 is 19.1 Å². The van der Waals surface area contributed by atoms with Crippen LogP contribution in [0.3, 0.4) is 0 Å².